The lowest BCUT2D eigenvalue weighted by molar-refractivity contribution is -0.142. The SMILES string of the molecule is CSCCOC(=O)Cc1oc2ccccc2c2nn(-c3ccc(Cl)cc3)c(=O)c1-2. The summed E-state index contributed by atoms with van der Waals surface area (Å²) in [6.45, 7) is 0.311. The Balaban J connectivity index is 1.85. The largest absolute Gasteiger partial charge is 0.464 e. The number of benzene rings is 2. The summed E-state index contributed by atoms with van der Waals surface area (Å²) in [7, 11) is 0. The highest BCUT2D eigenvalue weighted by molar-refractivity contribution is 7.98. The molecule has 0 N–H and O–H groups in total. The Morgan fingerprint density at radius 1 is 1.21 bits per heavy atom. The summed E-state index contributed by atoms with van der Waals surface area (Å²) in [5.74, 6) is 0.508. The number of rotatable bonds is 6. The Morgan fingerprint density at radius 2 is 1.97 bits per heavy atom. The molecule has 148 valence electrons. The third-order valence-electron chi connectivity index (χ3n) is 4.42. The van der Waals surface area contributed by atoms with Gasteiger partial charge in [-0.15, -0.1) is 0 Å². The van der Waals surface area contributed by atoms with Crippen molar-refractivity contribution in [1.29, 1.82) is 0 Å². The first-order valence-corrected chi connectivity index (χ1v) is 10.7. The van der Waals surface area contributed by atoms with Crippen LogP contribution in [0.1, 0.15) is 5.76 Å². The van der Waals surface area contributed by atoms with Crippen LogP contribution >= 0.6 is 23.4 Å². The van der Waals surface area contributed by atoms with Crippen LogP contribution in [0.5, 0.6) is 0 Å². The minimum atomic E-state index is -0.446. The maximum absolute atomic E-state index is 13.2. The van der Waals surface area contributed by atoms with Crippen molar-refractivity contribution in [3.63, 3.8) is 0 Å². The number of carbonyl (C=O) groups is 1. The van der Waals surface area contributed by atoms with Crippen molar-refractivity contribution in [3.05, 3.63) is 69.7 Å². The van der Waals surface area contributed by atoms with Crippen LogP contribution < -0.4 is 5.56 Å². The van der Waals surface area contributed by atoms with Gasteiger partial charge in [-0.1, -0.05) is 23.7 Å². The monoisotopic (exact) mass is 428 g/mol. The molecule has 6 nitrogen and oxygen atoms in total. The fraction of sp³-hybridized carbons (Fsp3) is 0.190. The van der Waals surface area contributed by atoms with Crippen LogP contribution in [0, 0.1) is 0 Å². The topological polar surface area (TPSA) is 74.3 Å². The van der Waals surface area contributed by atoms with E-state index in [0.717, 1.165) is 0 Å². The Kier molecular flexibility index (Phi) is 5.60. The molecule has 0 radical (unpaired) electrons. The molecule has 8 heteroatoms. The molecular weight excluding hydrogens is 412 g/mol. The summed E-state index contributed by atoms with van der Waals surface area (Å²) >= 11 is 7.54. The van der Waals surface area contributed by atoms with Gasteiger partial charge in [-0.25, -0.2) is 0 Å². The molecule has 2 aromatic rings. The molecule has 0 fully saturated rings. The van der Waals surface area contributed by atoms with E-state index in [1.165, 1.54) is 4.68 Å². The summed E-state index contributed by atoms with van der Waals surface area (Å²) in [6, 6.07) is 14.1. The van der Waals surface area contributed by atoms with Crippen LogP contribution in [0.15, 0.2) is 57.7 Å². The number of para-hydroxylation sites is 1. The van der Waals surface area contributed by atoms with Crippen LogP contribution in [0.3, 0.4) is 0 Å². The van der Waals surface area contributed by atoms with Gasteiger partial charge in [-0.3, -0.25) is 9.59 Å². The third-order valence-corrected chi connectivity index (χ3v) is 5.25. The van der Waals surface area contributed by atoms with Gasteiger partial charge in [0.25, 0.3) is 5.56 Å². The number of hydrogen-bond acceptors (Lipinski definition) is 6. The molecule has 0 saturated heterocycles. The van der Waals surface area contributed by atoms with Crippen LogP contribution in [0.4, 0.5) is 0 Å². The summed E-state index contributed by atoms with van der Waals surface area (Å²) in [5.41, 5.74) is 1.53. The molecule has 0 atom stereocenters. The van der Waals surface area contributed by atoms with Gasteiger partial charge in [0.2, 0.25) is 0 Å². The first-order valence-electron chi connectivity index (χ1n) is 8.92. The van der Waals surface area contributed by atoms with E-state index in [9.17, 15) is 9.59 Å². The number of ether oxygens (including phenoxy) is 1. The maximum Gasteiger partial charge on any atom is 0.313 e. The van der Waals surface area contributed by atoms with Crippen molar-refractivity contribution in [3.8, 4) is 16.9 Å². The number of carbonyl (C=O) groups excluding carboxylic acids is 1. The summed E-state index contributed by atoms with van der Waals surface area (Å²) in [6.07, 6.45) is 1.79. The van der Waals surface area contributed by atoms with Gasteiger partial charge in [0.1, 0.15) is 35.6 Å². The first kappa shape index (κ1) is 19.5. The number of esters is 1. The highest BCUT2D eigenvalue weighted by Gasteiger charge is 2.26. The van der Waals surface area contributed by atoms with Gasteiger partial charge in [0.05, 0.1) is 5.69 Å². The van der Waals surface area contributed by atoms with E-state index in [-0.39, 0.29) is 23.3 Å². The minimum Gasteiger partial charge on any atom is -0.464 e. The lowest BCUT2D eigenvalue weighted by Crippen LogP contribution is -2.17. The Labute approximate surface area is 175 Å². The van der Waals surface area contributed by atoms with Gasteiger partial charge in [0, 0.05) is 16.2 Å². The summed E-state index contributed by atoms with van der Waals surface area (Å²) in [4.78, 5) is 25.4. The Bertz CT molecular complexity index is 1200. The molecule has 0 unspecified atom stereocenters. The number of nitrogens with zero attached hydrogens (tertiary/aromatic N) is 2. The van der Waals surface area contributed by atoms with E-state index in [1.54, 1.807) is 42.1 Å². The zero-order valence-corrected chi connectivity index (χ0v) is 17.1. The minimum absolute atomic E-state index is 0.142. The zero-order chi connectivity index (χ0) is 20.4. The molecule has 2 aliphatic heterocycles. The van der Waals surface area contributed by atoms with Gasteiger partial charge >= 0.3 is 5.97 Å². The second-order valence-electron chi connectivity index (χ2n) is 6.33. The quantitative estimate of drug-likeness (QED) is 0.338. The van der Waals surface area contributed by atoms with Crippen LogP contribution in [0.25, 0.3) is 27.9 Å². The van der Waals surface area contributed by atoms with E-state index in [4.69, 9.17) is 20.8 Å². The molecule has 0 spiro atoms. The van der Waals surface area contributed by atoms with Crippen molar-refractivity contribution in [1.82, 2.24) is 9.78 Å². The van der Waals surface area contributed by atoms with Crippen molar-refractivity contribution < 1.29 is 13.9 Å². The fourth-order valence-corrected chi connectivity index (χ4v) is 3.46. The fourth-order valence-electron chi connectivity index (χ4n) is 3.08. The molecule has 4 rings (SSSR count). The normalized spacial score (nSPS) is 11.2. The molecular formula is C21H17ClN2O4S. The molecule has 0 amide bonds. The number of hydrogen-bond donors (Lipinski definition) is 0. The highest BCUT2D eigenvalue weighted by atomic mass is 35.5. The van der Waals surface area contributed by atoms with E-state index in [0.29, 0.717) is 39.7 Å². The zero-order valence-electron chi connectivity index (χ0n) is 15.6. The number of aromatic nitrogens is 2. The number of halogens is 1. The molecule has 0 aromatic heterocycles. The second kappa shape index (κ2) is 8.31. The van der Waals surface area contributed by atoms with Gasteiger partial charge in [0.15, 0.2) is 0 Å². The molecule has 0 aliphatic carbocycles. The lowest BCUT2D eigenvalue weighted by Gasteiger charge is -2.08. The average Bonchev–Trinajstić information content (AvgIpc) is 3.07. The van der Waals surface area contributed by atoms with E-state index >= 15 is 0 Å². The maximum atomic E-state index is 13.2. The summed E-state index contributed by atoms with van der Waals surface area (Å²) < 4.78 is 12.4. The molecule has 2 aromatic carbocycles. The lowest BCUT2D eigenvalue weighted by atomic mass is 10.1. The molecule has 0 saturated carbocycles. The van der Waals surface area contributed by atoms with Crippen molar-refractivity contribution in [2.75, 3.05) is 18.6 Å². The predicted octanol–water partition coefficient (Wildman–Crippen LogP) is 4.19. The number of fused-ring (bicyclic) bond motifs is 3. The van der Waals surface area contributed by atoms with Gasteiger partial charge < -0.3 is 9.15 Å². The van der Waals surface area contributed by atoms with Crippen LogP contribution in [-0.2, 0) is 16.0 Å². The summed E-state index contributed by atoms with van der Waals surface area (Å²) in [5, 5.41) is 5.79. The van der Waals surface area contributed by atoms with Crippen molar-refractivity contribution in [2.24, 2.45) is 0 Å². The van der Waals surface area contributed by atoms with E-state index < -0.39 is 5.97 Å². The van der Waals surface area contributed by atoms with E-state index in [2.05, 4.69) is 5.10 Å². The van der Waals surface area contributed by atoms with E-state index in [1.807, 2.05) is 24.5 Å². The first-order chi connectivity index (χ1) is 14.1. The third kappa shape index (κ3) is 3.88. The molecule has 2 heterocycles. The standard InChI is InChI=1S/C21H17ClN2O4S/c1-29-11-10-27-18(25)12-17-19-20(15-4-2-3-5-16(15)28-17)23-24(21(19)26)14-8-6-13(22)7-9-14/h2-9H,10-12H2,1H3. The average molecular weight is 429 g/mol. The smallest absolute Gasteiger partial charge is 0.313 e. The van der Waals surface area contributed by atoms with Crippen LogP contribution in [-0.4, -0.2) is 34.4 Å². The number of thioether (sulfide) groups is 1. The van der Waals surface area contributed by atoms with Crippen molar-refractivity contribution in [2.45, 2.75) is 6.42 Å². The molecule has 0 bridgehead atoms. The molecule has 29 heavy (non-hydrogen) atoms. The predicted molar refractivity (Wildman–Crippen MR) is 114 cm³/mol. The van der Waals surface area contributed by atoms with Gasteiger partial charge in [-0.2, -0.15) is 21.5 Å². The van der Waals surface area contributed by atoms with Crippen LogP contribution in [0.2, 0.25) is 5.02 Å². The Hall–Kier alpha value is -2.77. The second-order valence-corrected chi connectivity index (χ2v) is 7.75. The molecule has 2 aliphatic rings. The van der Waals surface area contributed by atoms with Gasteiger partial charge in [-0.05, 0) is 42.7 Å². The van der Waals surface area contributed by atoms with Crippen molar-refractivity contribution >= 4 is 40.3 Å². The Morgan fingerprint density at radius 3 is 2.72 bits per heavy atom. The highest BCUT2D eigenvalue weighted by Crippen LogP contribution is 2.32.